The maximum absolute atomic E-state index is 5.79. The summed E-state index contributed by atoms with van der Waals surface area (Å²) in [4.78, 5) is 19.1. The summed E-state index contributed by atoms with van der Waals surface area (Å²) in [7, 11) is 0. The minimum Gasteiger partial charge on any atom is -0.345 e. The summed E-state index contributed by atoms with van der Waals surface area (Å²) < 4.78 is 0. The van der Waals surface area contributed by atoms with E-state index < -0.39 is 0 Å². The number of anilines is 2. The predicted octanol–water partition coefficient (Wildman–Crippen LogP) is 1.28. The van der Waals surface area contributed by atoms with Gasteiger partial charge in [-0.3, -0.25) is 0 Å². The number of rotatable bonds is 4. The third-order valence-corrected chi connectivity index (χ3v) is 4.85. The van der Waals surface area contributed by atoms with Crippen LogP contribution >= 0.6 is 11.3 Å². The fourth-order valence-electron chi connectivity index (χ4n) is 2.49. The lowest BCUT2D eigenvalue weighted by Gasteiger charge is -2.34. The second-order valence-electron chi connectivity index (χ2n) is 4.95. The highest BCUT2D eigenvalue weighted by Gasteiger charge is 2.22. The number of aryl methyl sites for hydroxylation is 1. The first-order valence-corrected chi connectivity index (χ1v) is 8.09. The maximum Gasteiger partial charge on any atom is 0.225 e. The standard InChI is InChI=1S/C14H20N6S/c1-2-11-12(10-15)21-14(18-11)20-8-6-19(7-9-20)13-16-4-3-5-17-13/h3-5H,2,6-10,15H2,1H3. The number of piperazine rings is 1. The van der Waals surface area contributed by atoms with Crippen LogP contribution in [-0.2, 0) is 13.0 Å². The third kappa shape index (κ3) is 2.98. The van der Waals surface area contributed by atoms with Crippen molar-refractivity contribution < 1.29 is 0 Å². The molecule has 1 fully saturated rings. The van der Waals surface area contributed by atoms with E-state index in [4.69, 9.17) is 10.7 Å². The zero-order valence-electron chi connectivity index (χ0n) is 12.2. The molecule has 2 N–H and O–H groups in total. The largest absolute Gasteiger partial charge is 0.345 e. The fourth-order valence-corrected chi connectivity index (χ4v) is 3.57. The van der Waals surface area contributed by atoms with Gasteiger partial charge < -0.3 is 15.5 Å². The van der Waals surface area contributed by atoms with Crippen LogP contribution in [0.15, 0.2) is 18.5 Å². The predicted molar refractivity (Wildman–Crippen MR) is 85.8 cm³/mol. The lowest BCUT2D eigenvalue weighted by Crippen LogP contribution is -2.47. The van der Waals surface area contributed by atoms with Crippen LogP contribution in [0.5, 0.6) is 0 Å². The number of thiazole rings is 1. The van der Waals surface area contributed by atoms with Gasteiger partial charge in [0.1, 0.15) is 0 Å². The first kappa shape index (κ1) is 14.2. The Morgan fingerprint density at radius 1 is 1.14 bits per heavy atom. The van der Waals surface area contributed by atoms with Gasteiger partial charge >= 0.3 is 0 Å². The second-order valence-corrected chi connectivity index (χ2v) is 6.01. The zero-order chi connectivity index (χ0) is 14.7. The number of hydrogen-bond acceptors (Lipinski definition) is 7. The molecule has 1 aliphatic heterocycles. The van der Waals surface area contributed by atoms with Crippen LogP contribution < -0.4 is 15.5 Å². The van der Waals surface area contributed by atoms with E-state index in [1.165, 1.54) is 4.88 Å². The first-order chi connectivity index (χ1) is 10.3. The van der Waals surface area contributed by atoms with Crippen molar-refractivity contribution in [1.82, 2.24) is 15.0 Å². The van der Waals surface area contributed by atoms with Crippen LogP contribution in [0.2, 0.25) is 0 Å². The van der Waals surface area contributed by atoms with Gasteiger partial charge in [0, 0.05) is 50.0 Å². The van der Waals surface area contributed by atoms with E-state index in [1.54, 1.807) is 23.7 Å². The van der Waals surface area contributed by atoms with Gasteiger partial charge in [0.2, 0.25) is 5.95 Å². The Morgan fingerprint density at radius 3 is 2.38 bits per heavy atom. The molecule has 0 radical (unpaired) electrons. The molecule has 112 valence electrons. The van der Waals surface area contributed by atoms with Crippen molar-refractivity contribution in [3.63, 3.8) is 0 Å². The van der Waals surface area contributed by atoms with Gasteiger partial charge in [0.05, 0.1) is 5.69 Å². The molecule has 0 unspecified atom stereocenters. The summed E-state index contributed by atoms with van der Waals surface area (Å²) in [5, 5.41) is 1.10. The van der Waals surface area contributed by atoms with Gasteiger partial charge in [-0.25, -0.2) is 15.0 Å². The molecule has 3 heterocycles. The van der Waals surface area contributed by atoms with E-state index in [-0.39, 0.29) is 0 Å². The second kappa shape index (κ2) is 6.36. The summed E-state index contributed by atoms with van der Waals surface area (Å²) in [6, 6.07) is 1.84. The Bertz CT molecular complexity index is 555. The Labute approximate surface area is 128 Å². The van der Waals surface area contributed by atoms with E-state index >= 15 is 0 Å². The lowest BCUT2D eigenvalue weighted by molar-refractivity contribution is 0.638. The summed E-state index contributed by atoms with van der Waals surface area (Å²) in [5.41, 5.74) is 6.94. The number of nitrogens with two attached hydrogens (primary N) is 1. The van der Waals surface area contributed by atoms with E-state index in [2.05, 4.69) is 26.7 Å². The van der Waals surface area contributed by atoms with Crippen LogP contribution in [0.25, 0.3) is 0 Å². The highest BCUT2D eigenvalue weighted by Crippen LogP contribution is 2.27. The van der Waals surface area contributed by atoms with Crippen molar-refractivity contribution in [2.45, 2.75) is 19.9 Å². The normalized spacial score (nSPS) is 15.5. The van der Waals surface area contributed by atoms with Gasteiger partial charge in [-0.2, -0.15) is 0 Å². The molecule has 21 heavy (non-hydrogen) atoms. The van der Waals surface area contributed by atoms with Crippen LogP contribution in [0.4, 0.5) is 11.1 Å². The minimum absolute atomic E-state index is 0.582. The molecule has 1 saturated heterocycles. The van der Waals surface area contributed by atoms with Gasteiger partial charge in [0.25, 0.3) is 0 Å². The quantitative estimate of drug-likeness (QED) is 0.917. The van der Waals surface area contributed by atoms with Crippen molar-refractivity contribution in [1.29, 1.82) is 0 Å². The monoisotopic (exact) mass is 304 g/mol. The first-order valence-electron chi connectivity index (χ1n) is 7.27. The maximum atomic E-state index is 5.79. The van der Waals surface area contributed by atoms with E-state index in [9.17, 15) is 0 Å². The summed E-state index contributed by atoms with van der Waals surface area (Å²) >= 11 is 1.73. The van der Waals surface area contributed by atoms with Crippen molar-refractivity contribution in [3.8, 4) is 0 Å². The van der Waals surface area contributed by atoms with Gasteiger partial charge in [-0.15, -0.1) is 11.3 Å². The Kier molecular flexibility index (Phi) is 4.31. The van der Waals surface area contributed by atoms with Gasteiger partial charge in [0.15, 0.2) is 5.13 Å². The molecular formula is C14H20N6S. The molecule has 0 amide bonds. The fraction of sp³-hybridized carbons (Fsp3) is 0.500. The molecule has 0 saturated carbocycles. The van der Waals surface area contributed by atoms with Gasteiger partial charge in [-0.1, -0.05) is 6.92 Å². The highest BCUT2D eigenvalue weighted by molar-refractivity contribution is 7.15. The Hall–Kier alpha value is -1.73. The Morgan fingerprint density at radius 2 is 1.81 bits per heavy atom. The van der Waals surface area contributed by atoms with E-state index in [1.807, 2.05) is 6.07 Å². The lowest BCUT2D eigenvalue weighted by atomic mass is 10.3. The average molecular weight is 304 g/mol. The molecule has 0 aliphatic carbocycles. The van der Waals surface area contributed by atoms with Crippen molar-refractivity contribution >= 4 is 22.4 Å². The summed E-state index contributed by atoms with van der Waals surface area (Å²) in [6.07, 6.45) is 4.52. The molecule has 6 nitrogen and oxygen atoms in total. The molecule has 0 spiro atoms. The average Bonchev–Trinajstić information content (AvgIpc) is 2.99. The number of hydrogen-bond donors (Lipinski definition) is 1. The van der Waals surface area contributed by atoms with Crippen molar-refractivity contribution in [2.75, 3.05) is 36.0 Å². The zero-order valence-corrected chi connectivity index (χ0v) is 13.0. The molecule has 7 heteroatoms. The number of nitrogens with zero attached hydrogens (tertiary/aromatic N) is 5. The summed E-state index contributed by atoms with van der Waals surface area (Å²) in [5.74, 6) is 0.813. The SMILES string of the molecule is CCc1nc(N2CCN(c3ncccn3)CC2)sc1CN. The molecule has 0 aromatic carbocycles. The molecule has 2 aromatic rings. The molecule has 0 bridgehead atoms. The molecule has 3 rings (SSSR count). The summed E-state index contributed by atoms with van der Waals surface area (Å²) in [6.45, 7) is 6.44. The van der Waals surface area contributed by atoms with Crippen LogP contribution in [0.1, 0.15) is 17.5 Å². The topological polar surface area (TPSA) is 71.2 Å². The Balaban J connectivity index is 1.67. The third-order valence-electron chi connectivity index (χ3n) is 3.67. The van der Waals surface area contributed by atoms with Crippen LogP contribution in [0, 0.1) is 0 Å². The number of aromatic nitrogens is 3. The molecular weight excluding hydrogens is 284 g/mol. The van der Waals surface area contributed by atoms with Crippen molar-refractivity contribution in [3.05, 3.63) is 29.0 Å². The highest BCUT2D eigenvalue weighted by atomic mass is 32.1. The van der Waals surface area contributed by atoms with Crippen molar-refractivity contribution in [2.24, 2.45) is 5.73 Å². The van der Waals surface area contributed by atoms with E-state index in [0.29, 0.717) is 6.54 Å². The van der Waals surface area contributed by atoms with E-state index in [0.717, 1.165) is 49.4 Å². The molecule has 0 atom stereocenters. The van der Waals surface area contributed by atoms with Crippen LogP contribution in [-0.4, -0.2) is 41.1 Å². The minimum atomic E-state index is 0.582. The van der Waals surface area contributed by atoms with Crippen LogP contribution in [0.3, 0.4) is 0 Å². The molecule has 1 aliphatic rings. The molecule has 2 aromatic heterocycles. The smallest absolute Gasteiger partial charge is 0.225 e. The van der Waals surface area contributed by atoms with Gasteiger partial charge in [-0.05, 0) is 12.5 Å².